The third-order valence-electron chi connectivity index (χ3n) is 6.29. The van der Waals surface area contributed by atoms with Crippen molar-refractivity contribution in [3.05, 3.63) is 121 Å². The van der Waals surface area contributed by atoms with Crippen LogP contribution in [0.15, 0.2) is 120 Å². The molecule has 6 rings (SSSR count). The number of rotatable bonds is 5. The molecule has 0 atom stereocenters. The van der Waals surface area contributed by atoms with E-state index in [2.05, 4.69) is 96.3 Å². The fourth-order valence-electron chi connectivity index (χ4n) is 4.52. The maximum Gasteiger partial charge on any atom is 0.159 e. The standard InChI is InChI=1S/C31H24N2O/c32-20-21-13-15-25(16-14-21)33-30-26(17-18-28-27-11-4-5-12-29(27)34-31(28)30)24-10-6-9-23(19-24)22-7-2-1-3-8-22/h1-19,33H,20,32H2. The van der Waals surface area contributed by atoms with Gasteiger partial charge in [-0.15, -0.1) is 0 Å². The lowest BCUT2D eigenvalue weighted by Gasteiger charge is -2.14. The Balaban J connectivity index is 1.55. The lowest BCUT2D eigenvalue weighted by molar-refractivity contribution is 0.670. The van der Waals surface area contributed by atoms with E-state index in [1.54, 1.807) is 0 Å². The SMILES string of the molecule is NCc1ccc(Nc2c(-c3cccc(-c4ccccc4)c3)ccc3c2oc2ccccc23)cc1. The van der Waals surface area contributed by atoms with E-state index in [4.69, 9.17) is 10.2 Å². The van der Waals surface area contributed by atoms with Gasteiger partial charge in [-0.25, -0.2) is 0 Å². The zero-order valence-electron chi connectivity index (χ0n) is 18.7. The smallest absolute Gasteiger partial charge is 0.159 e. The predicted octanol–water partition coefficient (Wildman–Crippen LogP) is 8.12. The molecule has 3 N–H and O–H groups in total. The molecule has 0 saturated heterocycles. The number of benzene rings is 5. The Morgan fingerprint density at radius 3 is 2.18 bits per heavy atom. The van der Waals surface area contributed by atoms with Crippen LogP contribution in [0.2, 0.25) is 0 Å². The Morgan fingerprint density at radius 1 is 0.618 bits per heavy atom. The predicted molar refractivity (Wildman–Crippen MR) is 142 cm³/mol. The van der Waals surface area contributed by atoms with Crippen LogP contribution in [0, 0.1) is 0 Å². The van der Waals surface area contributed by atoms with Crippen LogP contribution in [0.3, 0.4) is 0 Å². The second-order valence-electron chi connectivity index (χ2n) is 8.44. The Morgan fingerprint density at radius 2 is 1.35 bits per heavy atom. The van der Waals surface area contributed by atoms with Gasteiger partial charge in [-0.3, -0.25) is 0 Å². The summed E-state index contributed by atoms with van der Waals surface area (Å²) in [5, 5.41) is 5.86. The Kier molecular flexibility index (Phi) is 5.10. The normalized spacial score (nSPS) is 11.2. The van der Waals surface area contributed by atoms with E-state index >= 15 is 0 Å². The minimum atomic E-state index is 0.525. The first-order valence-corrected chi connectivity index (χ1v) is 11.5. The quantitative estimate of drug-likeness (QED) is 0.284. The van der Waals surface area contributed by atoms with E-state index < -0.39 is 0 Å². The number of furan rings is 1. The van der Waals surface area contributed by atoms with E-state index in [1.165, 1.54) is 11.1 Å². The van der Waals surface area contributed by atoms with Gasteiger partial charge in [0.25, 0.3) is 0 Å². The van der Waals surface area contributed by atoms with Crippen molar-refractivity contribution in [2.24, 2.45) is 5.73 Å². The molecule has 0 bridgehead atoms. The molecule has 0 radical (unpaired) electrons. The fraction of sp³-hybridized carbons (Fsp3) is 0.0323. The summed E-state index contributed by atoms with van der Waals surface area (Å²) in [6.45, 7) is 0.525. The number of para-hydroxylation sites is 1. The molecule has 6 aromatic rings. The highest BCUT2D eigenvalue weighted by molar-refractivity contribution is 6.12. The number of fused-ring (bicyclic) bond motifs is 3. The van der Waals surface area contributed by atoms with Crippen molar-refractivity contribution in [1.29, 1.82) is 0 Å². The Labute approximate surface area is 198 Å². The summed E-state index contributed by atoms with van der Waals surface area (Å²) in [4.78, 5) is 0. The van der Waals surface area contributed by atoms with Crippen molar-refractivity contribution in [1.82, 2.24) is 0 Å². The van der Waals surface area contributed by atoms with Crippen molar-refractivity contribution in [3.63, 3.8) is 0 Å². The summed E-state index contributed by atoms with van der Waals surface area (Å²) in [7, 11) is 0. The van der Waals surface area contributed by atoms with Gasteiger partial charge >= 0.3 is 0 Å². The summed E-state index contributed by atoms with van der Waals surface area (Å²) in [5.41, 5.74) is 15.2. The molecule has 0 aliphatic rings. The van der Waals surface area contributed by atoms with Gasteiger partial charge in [0.1, 0.15) is 5.58 Å². The summed E-state index contributed by atoms with van der Waals surface area (Å²) >= 11 is 0. The Hall–Kier alpha value is -4.34. The van der Waals surface area contributed by atoms with Gasteiger partial charge in [0.05, 0.1) is 5.69 Å². The van der Waals surface area contributed by atoms with Crippen molar-refractivity contribution in [3.8, 4) is 22.3 Å². The van der Waals surface area contributed by atoms with Crippen LogP contribution in [-0.4, -0.2) is 0 Å². The molecule has 0 aliphatic heterocycles. The van der Waals surface area contributed by atoms with Crippen LogP contribution in [0.5, 0.6) is 0 Å². The maximum atomic E-state index is 6.40. The monoisotopic (exact) mass is 440 g/mol. The molecule has 164 valence electrons. The molecule has 34 heavy (non-hydrogen) atoms. The van der Waals surface area contributed by atoms with Gasteiger partial charge in [0, 0.05) is 28.6 Å². The molecule has 0 unspecified atom stereocenters. The number of hydrogen-bond acceptors (Lipinski definition) is 3. The Bertz CT molecular complexity index is 1600. The zero-order valence-corrected chi connectivity index (χ0v) is 18.7. The summed E-state index contributed by atoms with van der Waals surface area (Å²) in [6.07, 6.45) is 0. The largest absolute Gasteiger partial charge is 0.454 e. The van der Waals surface area contributed by atoms with Gasteiger partial charge in [0.2, 0.25) is 0 Å². The van der Waals surface area contributed by atoms with E-state index in [1.807, 2.05) is 24.3 Å². The minimum absolute atomic E-state index is 0.525. The van der Waals surface area contributed by atoms with E-state index in [0.29, 0.717) is 6.54 Å². The van der Waals surface area contributed by atoms with Gasteiger partial charge in [-0.1, -0.05) is 84.9 Å². The van der Waals surface area contributed by atoms with Gasteiger partial charge < -0.3 is 15.5 Å². The molecule has 0 aliphatic carbocycles. The number of nitrogens with one attached hydrogen (secondary N) is 1. The van der Waals surface area contributed by atoms with Crippen molar-refractivity contribution >= 4 is 33.3 Å². The molecule has 5 aromatic carbocycles. The maximum absolute atomic E-state index is 6.40. The van der Waals surface area contributed by atoms with Crippen LogP contribution in [-0.2, 0) is 6.54 Å². The van der Waals surface area contributed by atoms with Crippen LogP contribution < -0.4 is 11.1 Å². The minimum Gasteiger partial charge on any atom is -0.454 e. The summed E-state index contributed by atoms with van der Waals surface area (Å²) < 4.78 is 6.40. The van der Waals surface area contributed by atoms with Crippen molar-refractivity contribution < 1.29 is 4.42 Å². The van der Waals surface area contributed by atoms with Gasteiger partial charge in [-0.05, 0) is 52.6 Å². The first kappa shape index (κ1) is 20.3. The van der Waals surface area contributed by atoms with Crippen LogP contribution in [0.1, 0.15) is 5.56 Å². The third kappa shape index (κ3) is 3.62. The van der Waals surface area contributed by atoms with Crippen LogP contribution >= 0.6 is 0 Å². The second kappa shape index (κ2) is 8.54. The average Bonchev–Trinajstić information content (AvgIpc) is 3.29. The van der Waals surface area contributed by atoms with Crippen molar-refractivity contribution in [2.75, 3.05) is 5.32 Å². The molecule has 3 nitrogen and oxygen atoms in total. The molecule has 0 spiro atoms. The van der Waals surface area contributed by atoms with Crippen LogP contribution in [0.25, 0.3) is 44.2 Å². The zero-order chi connectivity index (χ0) is 22.9. The van der Waals surface area contributed by atoms with Gasteiger partial charge in [-0.2, -0.15) is 0 Å². The highest BCUT2D eigenvalue weighted by Crippen LogP contribution is 2.41. The number of anilines is 2. The molecule has 0 amide bonds. The molecule has 1 heterocycles. The van der Waals surface area contributed by atoms with Gasteiger partial charge in [0.15, 0.2) is 5.58 Å². The first-order chi connectivity index (χ1) is 16.8. The third-order valence-corrected chi connectivity index (χ3v) is 6.29. The van der Waals surface area contributed by atoms with E-state index in [9.17, 15) is 0 Å². The number of hydrogen-bond donors (Lipinski definition) is 2. The fourth-order valence-corrected chi connectivity index (χ4v) is 4.52. The molecular weight excluding hydrogens is 416 g/mol. The second-order valence-corrected chi connectivity index (χ2v) is 8.44. The lowest BCUT2D eigenvalue weighted by Crippen LogP contribution is -1.97. The number of nitrogens with two attached hydrogens (primary N) is 1. The van der Waals surface area contributed by atoms with Crippen LogP contribution in [0.4, 0.5) is 11.4 Å². The van der Waals surface area contributed by atoms with E-state index in [0.717, 1.165) is 50.0 Å². The van der Waals surface area contributed by atoms with E-state index in [-0.39, 0.29) is 0 Å². The molecule has 0 fully saturated rings. The molecule has 3 heteroatoms. The average molecular weight is 441 g/mol. The molecule has 0 saturated carbocycles. The summed E-state index contributed by atoms with van der Waals surface area (Å²) in [6, 6.07) is 39.9. The molecule has 1 aromatic heterocycles. The summed E-state index contributed by atoms with van der Waals surface area (Å²) in [5.74, 6) is 0. The highest BCUT2D eigenvalue weighted by atomic mass is 16.3. The highest BCUT2D eigenvalue weighted by Gasteiger charge is 2.16. The lowest BCUT2D eigenvalue weighted by atomic mass is 9.96. The first-order valence-electron chi connectivity index (χ1n) is 11.5. The topological polar surface area (TPSA) is 51.2 Å². The van der Waals surface area contributed by atoms with Crippen molar-refractivity contribution in [2.45, 2.75) is 6.54 Å². The molecular formula is C31H24N2O.